The van der Waals surface area contributed by atoms with Gasteiger partial charge in [-0.1, -0.05) is 37.9 Å². The molecule has 162 valence electrons. The van der Waals surface area contributed by atoms with Crippen molar-refractivity contribution in [1.29, 1.82) is 0 Å². The lowest BCUT2D eigenvalue weighted by molar-refractivity contribution is -0.139. The normalized spacial score (nSPS) is 15.4. The summed E-state index contributed by atoms with van der Waals surface area (Å²) in [5.41, 5.74) is 1.92. The molecule has 0 bridgehead atoms. The Morgan fingerprint density at radius 1 is 1.17 bits per heavy atom. The van der Waals surface area contributed by atoms with Gasteiger partial charge in [-0.25, -0.2) is 4.79 Å². The summed E-state index contributed by atoms with van der Waals surface area (Å²) in [7, 11) is 1.59. The predicted octanol–water partition coefficient (Wildman–Crippen LogP) is 3.49. The van der Waals surface area contributed by atoms with Gasteiger partial charge in [0, 0.05) is 5.70 Å². The summed E-state index contributed by atoms with van der Waals surface area (Å²) in [4.78, 5) is 12.9. The number of hydrogen-bond acceptors (Lipinski definition) is 8. The summed E-state index contributed by atoms with van der Waals surface area (Å²) in [6.07, 6.45) is 3.76. The second-order valence-corrected chi connectivity index (χ2v) is 7.12. The van der Waals surface area contributed by atoms with E-state index in [0.29, 0.717) is 41.9 Å². The van der Waals surface area contributed by atoms with E-state index in [2.05, 4.69) is 27.8 Å². The van der Waals surface area contributed by atoms with E-state index in [4.69, 9.17) is 14.2 Å². The van der Waals surface area contributed by atoms with E-state index in [1.165, 1.54) is 0 Å². The first-order valence-corrected chi connectivity index (χ1v) is 10.3. The van der Waals surface area contributed by atoms with Gasteiger partial charge in [-0.3, -0.25) is 0 Å². The van der Waals surface area contributed by atoms with Crippen molar-refractivity contribution in [1.82, 2.24) is 20.2 Å². The number of tetrazole rings is 1. The second kappa shape index (κ2) is 10.1. The molecule has 0 radical (unpaired) electrons. The van der Waals surface area contributed by atoms with Gasteiger partial charge in [-0.05, 0) is 47.9 Å². The molecule has 1 atom stereocenters. The van der Waals surface area contributed by atoms with Crippen LogP contribution in [0.3, 0.4) is 0 Å². The number of methoxy groups -OCH3 is 1. The predicted molar refractivity (Wildman–Crippen MR) is 112 cm³/mol. The van der Waals surface area contributed by atoms with Crippen LogP contribution < -0.4 is 14.8 Å². The molecule has 2 aromatic rings. The Hall–Kier alpha value is -3.10. The Balaban J connectivity index is 1.97. The highest BCUT2D eigenvalue weighted by Gasteiger charge is 2.35. The molecule has 0 saturated heterocycles. The molecule has 0 spiro atoms. The molecule has 1 aliphatic rings. The van der Waals surface area contributed by atoms with Gasteiger partial charge < -0.3 is 19.5 Å². The molecule has 9 nitrogen and oxygen atoms in total. The van der Waals surface area contributed by atoms with Crippen molar-refractivity contribution in [2.75, 3.05) is 25.6 Å². The van der Waals surface area contributed by atoms with Crippen molar-refractivity contribution in [2.24, 2.45) is 0 Å². The van der Waals surface area contributed by atoms with Gasteiger partial charge in [-0.15, -0.1) is 0 Å². The molecule has 1 unspecified atom stereocenters. The van der Waals surface area contributed by atoms with Crippen LogP contribution in [0, 0.1) is 0 Å². The van der Waals surface area contributed by atoms with Gasteiger partial charge in [0.15, 0.2) is 11.5 Å². The number of benzene rings is 1. The highest BCUT2D eigenvalue weighted by molar-refractivity contribution is 5.92. The number of nitrogens with one attached hydrogen (secondary N) is 1. The zero-order valence-corrected chi connectivity index (χ0v) is 18.0. The summed E-state index contributed by atoms with van der Waals surface area (Å²) in [6, 6.07) is 5.07. The van der Waals surface area contributed by atoms with E-state index in [1.807, 2.05) is 32.0 Å². The molecule has 30 heavy (non-hydrogen) atoms. The SMILES string of the molecule is CCCCOC(=O)C1=C(C)Nc2nnnn2C1c1ccc(OCCCC)c(OC)c1. The zero-order valence-electron chi connectivity index (χ0n) is 18.0. The van der Waals surface area contributed by atoms with Crippen LogP contribution in [0.5, 0.6) is 11.5 Å². The van der Waals surface area contributed by atoms with Crippen molar-refractivity contribution >= 4 is 11.9 Å². The number of anilines is 1. The summed E-state index contributed by atoms with van der Waals surface area (Å²) < 4.78 is 18.5. The van der Waals surface area contributed by atoms with Gasteiger partial charge in [0.2, 0.25) is 5.95 Å². The minimum absolute atomic E-state index is 0.370. The number of aromatic nitrogens is 4. The number of allylic oxidation sites excluding steroid dienone is 1. The third-order valence-corrected chi connectivity index (χ3v) is 4.92. The summed E-state index contributed by atoms with van der Waals surface area (Å²) in [6.45, 7) is 6.97. The standard InChI is InChI=1S/C21H29N5O4/c1-5-7-11-29-16-10-9-15(13-17(16)28-4)19-18(20(27)30-12-8-6-2)14(3)22-21-23-24-25-26(19)21/h9-10,13,19H,5-8,11-12H2,1-4H3,(H,22,23,25). The largest absolute Gasteiger partial charge is 0.493 e. The fraction of sp³-hybridized carbons (Fsp3) is 0.524. The van der Waals surface area contributed by atoms with Crippen LogP contribution in [0.1, 0.15) is 58.1 Å². The number of rotatable bonds is 10. The number of hydrogen-bond donors (Lipinski definition) is 1. The van der Waals surface area contributed by atoms with E-state index < -0.39 is 6.04 Å². The summed E-state index contributed by atoms with van der Waals surface area (Å²) in [5, 5.41) is 15.0. The second-order valence-electron chi connectivity index (χ2n) is 7.12. The number of nitrogens with zero attached hydrogens (tertiary/aromatic N) is 4. The lowest BCUT2D eigenvalue weighted by Crippen LogP contribution is -2.30. The fourth-order valence-corrected chi connectivity index (χ4v) is 3.27. The average Bonchev–Trinajstić information content (AvgIpc) is 3.21. The van der Waals surface area contributed by atoms with E-state index in [-0.39, 0.29) is 5.97 Å². The third-order valence-electron chi connectivity index (χ3n) is 4.92. The molecule has 0 saturated carbocycles. The molecule has 1 aliphatic heterocycles. The lowest BCUT2D eigenvalue weighted by atomic mass is 9.95. The monoisotopic (exact) mass is 415 g/mol. The Labute approximate surface area is 176 Å². The van der Waals surface area contributed by atoms with Gasteiger partial charge in [0.25, 0.3) is 0 Å². The van der Waals surface area contributed by atoms with Crippen LogP contribution in [0.2, 0.25) is 0 Å². The van der Waals surface area contributed by atoms with Crippen molar-refractivity contribution in [3.63, 3.8) is 0 Å². The van der Waals surface area contributed by atoms with Crippen LogP contribution in [-0.2, 0) is 9.53 Å². The van der Waals surface area contributed by atoms with E-state index in [0.717, 1.165) is 31.2 Å². The molecule has 0 amide bonds. The van der Waals surface area contributed by atoms with E-state index in [9.17, 15) is 4.79 Å². The Bertz CT molecular complexity index is 909. The summed E-state index contributed by atoms with van der Waals surface area (Å²) >= 11 is 0. The van der Waals surface area contributed by atoms with E-state index >= 15 is 0 Å². The van der Waals surface area contributed by atoms with Crippen LogP contribution in [-0.4, -0.2) is 46.5 Å². The third kappa shape index (κ3) is 4.55. The number of fused-ring (bicyclic) bond motifs is 1. The van der Waals surface area contributed by atoms with Gasteiger partial charge >= 0.3 is 5.97 Å². The Kier molecular flexibility index (Phi) is 7.26. The summed E-state index contributed by atoms with van der Waals surface area (Å²) in [5.74, 6) is 1.33. The minimum Gasteiger partial charge on any atom is -0.493 e. The Morgan fingerprint density at radius 2 is 1.93 bits per heavy atom. The number of esters is 1. The first kappa shape index (κ1) is 21.6. The van der Waals surface area contributed by atoms with Crippen LogP contribution in [0.25, 0.3) is 0 Å². The maximum Gasteiger partial charge on any atom is 0.338 e. The van der Waals surface area contributed by atoms with E-state index in [1.54, 1.807) is 11.8 Å². The maximum absolute atomic E-state index is 12.9. The first-order chi connectivity index (χ1) is 14.6. The van der Waals surface area contributed by atoms with Gasteiger partial charge in [-0.2, -0.15) is 4.68 Å². The topological polar surface area (TPSA) is 100 Å². The highest BCUT2D eigenvalue weighted by atomic mass is 16.5. The smallest absolute Gasteiger partial charge is 0.338 e. The number of carbonyl (C=O) groups excluding carboxylic acids is 1. The zero-order chi connectivity index (χ0) is 21.5. The molecule has 3 rings (SSSR count). The molecule has 1 aromatic carbocycles. The molecule has 0 aliphatic carbocycles. The van der Waals surface area contributed by atoms with Crippen molar-refractivity contribution in [3.05, 3.63) is 35.0 Å². The lowest BCUT2D eigenvalue weighted by Gasteiger charge is -2.27. The quantitative estimate of drug-likeness (QED) is 0.465. The molecule has 1 N–H and O–H groups in total. The van der Waals surface area contributed by atoms with Gasteiger partial charge in [0.05, 0.1) is 25.9 Å². The fourth-order valence-electron chi connectivity index (χ4n) is 3.27. The molecule has 9 heteroatoms. The number of unbranched alkanes of at least 4 members (excludes halogenated alkanes) is 2. The number of carbonyl (C=O) groups is 1. The van der Waals surface area contributed by atoms with Crippen molar-refractivity contribution < 1.29 is 19.0 Å². The van der Waals surface area contributed by atoms with Crippen LogP contribution >= 0.6 is 0 Å². The molecular weight excluding hydrogens is 386 g/mol. The van der Waals surface area contributed by atoms with Crippen molar-refractivity contribution in [3.8, 4) is 11.5 Å². The average molecular weight is 415 g/mol. The Morgan fingerprint density at radius 3 is 2.67 bits per heavy atom. The van der Waals surface area contributed by atoms with Crippen LogP contribution in [0.4, 0.5) is 5.95 Å². The minimum atomic E-state index is -0.538. The molecule has 2 heterocycles. The molecule has 1 aromatic heterocycles. The van der Waals surface area contributed by atoms with Crippen molar-refractivity contribution in [2.45, 2.75) is 52.5 Å². The first-order valence-electron chi connectivity index (χ1n) is 10.3. The maximum atomic E-state index is 12.9. The van der Waals surface area contributed by atoms with Crippen LogP contribution in [0.15, 0.2) is 29.5 Å². The van der Waals surface area contributed by atoms with Gasteiger partial charge in [0.1, 0.15) is 6.04 Å². The molecule has 0 fully saturated rings. The molecular formula is C21H29N5O4. The highest BCUT2D eigenvalue weighted by Crippen LogP contribution is 2.38. The number of ether oxygens (including phenoxy) is 3.